The van der Waals surface area contributed by atoms with Gasteiger partial charge in [-0.2, -0.15) is 0 Å². The van der Waals surface area contributed by atoms with Crippen molar-refractivity contribution in [2.45, 2.75) is 6.92 Å². The number of hydrogen-bond acceptors (Lipinski definition) is 3. The van der Waals surface area contributed by atoms with Gasteiger partial charge in [-0.05, 0) is 6.92 Å². The number of carbonyl (C=O) groups is 1. The molecule has 0 aliphatic rings. The lowest BCUT2D eigenvalue weighted by Crippen LogP contribution is -1.88. The van der Waals surface area contributed by atoms with Crippen LogP contribution >= 0.6 is 22.5 Å². The molecule has 0 unspecified atom stereocenters. The maximum atomic E-state index is 9.97. The fraction of sp³-hybridized carbons (Fsp3) is 0.667. The Labute approximate surface area is 46.3 Å². The standard InChI is InChI=1S/C3H6OS2/c1-3(4)2-6-5/h5H,2H2,1H3. The maximum Gasteiger partial charge on any atom is 0.140 e. The molecule has 0 rings (SSSR count). The van der Waals surface area contributed by atoms with E-state index in [9.17, 15) is 4.79 Å². The molecule has 0 saturated carbocycles. The molecule has 0 bridgehead atoms. The van der Waals surface area contributed by atoms with Crippen LogP contribution in [0.4, 0.5) is 0 Å². The first-order valence-corrected chi connectivity index (χ1v) is 3.57. The van der Waals surface area contributed by atoms with Crippen molar-refractivity contribution >= 4 is 28.2 Å². The van der Waals surface area contributed by atoms with Crippen molar-refractivity contribution in [1.82, 2.24) is 0 Å². The Hall–Kier alpha value is 0.370. The molecule has 0 aromatic rings. The van der Waals surface area contributed by atoms with E-state index in [1.165, 1.54) is 10.8 Å². The number of carbonyl (C=O) groups excluding carboxylic acids is 1. The van der Waals surface area contributed by atoms with Crippen LogP contribution in [0.3, 0.4) is 0 Å². The summed E-state index contributed by atoms with van der Waals surface area (Å²) in [6.07, 6.45) is 0. The topological polar surface area (TPSA) is 17.1 Å². The smallest absolute Gasteiger partial charge is 0.140 e. The van der Waals surface area contributed by atoms with Gasteiger partial charge in [-0.25, -0.2) is 0 Å². The third-order valence-electron chi connectivity index (χ3n) is 0.268. The average Bonchev–Trinajstić information content (AvgIpc) is 1.35. The van der Waals surface area contributed by atoms with Crippen LogP contribution in [0, 0.1) is 0 Å². The van der Waals surface area contributed by atoms with Crippen molar-refractivity contribution in [3.63, 3.8) is 0 Å². The van der Waals surface area contributed by atoms with Gasteiger partial charge in [-0.1, -0.05) is 10.8 Å². The highest BCUT2D eigenvalue weighted by molar-refractivity contribution is 8.68. The molecule has 6 heavy (non-hydrogen) atoms. The van der Waals surface area contributed by atoms with Crippen LogP contribution in [0.5, 0.6) is 0 Å². The maximum absolute atomic E-state index is 9.97. The van der Waals surface area contributed by atoms with E-state index in [0.717, 1.165) is 0 Å². The number of ketones is 1. The van der Waals surface area contributed by atoms with E-state index >= 15 is 0 Å². The van der Waals surface area contributed by atoms with Gasteiger partial charge in [0.15, 0.2) is 0 Å². The summed E-state index contributed by atoms with van der Waals surface area (Å²) < 4.78 is 0. The summed E-state index contributed by atoms with van der Waals surface area (Å²) in [6.45, 7) is 1.54. The quantitative estimate of drug-likeness (QED) is 0.437. The number of thiol groups is 1. The first kappa shape index (κ1) is 6.37. The Kier molecular flexibility index (Phi) is 3.78. The largest absolute Gasteiger partial charge is 0.299 e. The van der Waals surface area contributed by atoms with E-state index in [4.69, 9.17) is 0 Å². The van der Waals surface area contributed by atoms with Crippen molar-refractivity contribution in [2.75, 3.05) is 5.75 Å². The van der Waals surface area contributed by atoms with Crippen molar-refractivity contribution < 1.29 is 4.79 Å². The molecule has 0 atom stereocenters. The molecule has 3 heteroatoms. The zero-order chi connectivity index (χ0) is 4.99. The van der Waals surface area contributed by atoms with Gasteiger partial charge in [0, 0.05) is 0 Å². The summed E-state index contributed by atoms with van der Waals surface area (Å²) in [4.78, 5) is 9.97. The summed E-state index contributed by atoms with van der Waals surface area (Å²) in [5.41, 5.74) is 0. The Balaban J connectivity index is 2.83. The Morgan fingerprint density at radius 2 is 2.50 bits per heavy atom. The highest BCUT2D eigenvalue weighted by Crippen LogP contribution is 2.02. The number of Topliss-reactive ketones (excluding diaryl/α,β-unsaturated/α-hetero) is 1. The summed E-state index contributed by atoms with van der Waals surface area (Å²) in [7, 11) is 1.25. The third kappa shape index (κ3) is 4.37. The second-order valence-corrected chi connectivity index (χ2v) is 2.30. The highest BCUT2D eigenvalue weighted by Gasteiger charge is 1.85. The minimum Gasteiger partial charge on any atom is -0.299 e. The van der Waals surface area contributed by atoms with Gasteiger partial charge in [-0.3, -0.25) is 4.79 Å². The lowest BCUT2D eigenvalue weighted by Gasteiger charge is -1.79. The molecule has 0 heterocycles. The molecular weight excluding hydrogens is 116 g/mol. The van der Waals surface area contributed by atoms with E-state index in [0.29, 0.717) is 5.75 Å². The zero-order valence-electron chi connectivity index (χ0n) is 3.47. The molecule has 0 saturated heterocycles. The van der Waals surface area contributed by atoms with Crippen LogP contribution in [-0.4, -0.2) is 11.5 Å². The van der Waals surface area contributed by atoms with E-state index in [1.807, 2.05) is 0 Å². The predicted octanol–water partition coefficient (Wildman–Crippen LogP) is 1.15. The van der Waals surface area contributed by atoms with Gasteiger partial charge >= 0.3 is 0 Å². The van der Waals surface area contributed by atoms with E-state index in [1.54, 1.807) is 6.92 Å². The molecule has 0 aliphatic heterocycles. The summed E-state index contributed by atoms with van der Waals surface area (Å²) in [5.74, 6) is 0.693. The molecule has 0 spiro atoms. The van der Waals surface area contributed by atoms with Gasteiger partial charge < -0.3 is 0 Å². The molecule has 0 aliphatic carbocycles. The second-order valence-electron chi connectivity index (χ2n) is 0.975. The molecule has 36 valence electrons. The molecule has 0 aromatic heterocycles. The fourth-order valence-corrected chi connectivity index (χ4v) is 0.818. The highest BCUT2D eigenvalue weighted by atomic mass is 33.1. The van der Waals surface area contributed by atoms with Gasteiger partial charge in [0.25, 0.3) is 0 Å². The minimum atomic E-state index is 0.176. The normalized spacial score (nSPS) is 8.33. The van der Waals surface area contributed by atoms with Crippen molar-refractivity contribution in [1.29, 1.82) is 0 Å². The van der Waals surface area contributed by atoms with Crippen molar-refractivity contribution in [3.8, 4) is 0 Å². The van der Waals surface area contributed by atoms with Gasteiger partial charge in [0.2, 0.25) is 0 Å². The van der Waals surface area contributed by atoms with Crippen molar-refractivity contribution in [2.24, 2.45) is 0 Å². The third-order valence-corrected chi connectivity index (χ3v) is 1.19. The van der Waals surface area contributed by atoms with Gasteiger partial charge in [0.05, 0.1) is 5.75 Å². The van der Waals surface area contributed by atoms with E-state index < -0.39 is 0 Å². The summed E-state index contributed by atoms with van der Waals surface area (Å²) >= 11 is 3.76. The molecule has 0 radical (unpaired) electrons. The summed E-state index contributed by atoms with van der Waals surface area (Å²) in [6, 6.07) is 0. The Morgan fingerprint density at radius 3 is 2.50 bits per heavy atom. The SMILES string of the molecule is CC(=O)CSS. The minimum absolute atomic E-state index is 0.176. The Bertz CT molecular complexity index is 52.8. The first-order chi connectivity index (χ1) is 2.77. The molecule has 0 amide bonds. The van der Waals surface area contributed by atoms with Crippen LogP contribution < -0.4 is 0 Å². The molecular formula is C3H6OS2. The lowest BCUT2D eigenvalue weighted by molar-refractivity contribution is -0.114. The summed E-state index contributed by atoms with van der Waals surface area (Å²) in [5, 5.41) is 0. The number of rotatable bonds is 2. The van der Waals surface area contributed by atoms with Crippen LogP contribution in [0.2, 0.25) is 0 Å². The fourth-order valence-electron chi connectivity index (χ4n) is 0.0909. The molecule has 0 fully saturated rings. The average molecular weight is 122 g/mol. The second kappa shape index (κ2) is 3.56. The van der Waals surface area contributed by atoms with E-state index in [2.05, 4.69) is 11.7 Å². The van der Waals surface area contributed by atoms with Crippen LogP contribution in [0.25, 0.3) is 0 Å². The first-order valence-electron chi connectivity index (χ1n) is 1.53. The van der Waals surface area contributed by atoms with Crippen molar-refractivity contribution in [3.05, 3.63) is 0 Å². The van der Waals surface area contributed by atoms with Crippen LogP contribution in [0.1, 0.15) is 6.92 Å². The zero-order valence-corrected chi connectivity index (χ0v) is 5.18. The number of hydrogen-bond donors (Lipinski definition) is 1. The monoisotopic (exact) mass is 122 g/mol. The molecule has 0 aromatic carbocycles. The Morgan fingerprint density at radius 1 is 2.00 bits per heavy atom. The lowest BCUT2D eigenvalue weighted by atomic mass is 10.5. The molecule has 0 N–H and O–H groups in total. The van der Waals surface area contributed by atoms with Gasteiger partial charge in [0.1, 0.15) is 5.78 Å². The van der Waals surface area contributed by atoms with Gasteiger partial charge in [-0.15, -0.1) is 11.7 Å². The van der Waals surface area contributed by atoms with Crippen LogP contribution in [-0.2, 0) is 4.79 Å². The molecule has 1 nitrogen and oxygen atoms in total. The van der Waals surface area contributed by atoms with Crippen LogP contribution in [0.15, 0.2) is 0 Å². The predicted molar refractivity (Wildman–Crippen MR) is 32.1 cm³/mol. The van der Waals surface area contributed by atoms with E-state index in [-0.39, 0.29) is 5.78 Å².